The van der Waals surface area contributed by atoms with E-state index in [-0.39, 0.29) is 6.42 Å². The minimum atomic E-state index is -0.981. The molecule has 0 heterocycles. The van der Waals surface area contributed by atoms with Crippen LogP contribution >= 0.6 is 0 Å². The number of hydrogen-bond acceptors (Lipinski definition) is 3. The van der Waals surface area contributed by atoms with Crippen LogP contribution in [0.4, 0.5) is 0 Å². The predicted molar refractivity (Wildman–Crippen MR) is 47.3 cm³/mol. The van der Waals surface area contributed by atoms with Crippen LogP contribution in [0.15, 0.2) is 0 Å². The maximum Gasteiger partial charge on any atom is 0.307 e. The van der Waals surface area contributed by atoms with E-state index in [2.05, 4.69) is 0 Å². The van der Waals surface area contributed by atoms with Gasteiger partial charge in [-0.25, -0.2) is 0 Å². The summed E-state index contributed by atoms with van der Waals surface area (Å²) in [5, 5.41) is 8.52. The Morgan fingerprint density at radius 3 is 2.15 bits per heavy atom. The highest BCUT2D eigenvalue weighted by Gasteiger charge is 2.21. The number of ether oxygens (including phenoxy) is 1. The summed E-state index contributed by atoms with van der Waals surface area (Å²) in [5.74, 6) is -2.14. The Hall–Kier alpha value is -1.06. The van der Waals surface area contributed by atoms with Crippen molar-refractivity contribution < 1.29 is 19.4 Å². The number of carbonyl (C=O) groups excluding carboxylic acids is 1. The van der Waals surface area contributed by atoms with Crippen molar-refractivity contribution in [1.29, 1.82) is 0 Å². The number of hydrogen-bond donors (Lipinski definition) is 1. The summed E-state index contributed by atoms with van der Waals surface area (Å²) in [6.07, 6.45) is -0.0768. The van der Waals surface area contributed by atoms with Crippen LogP contribution in [-0.2, 0) is 14.3 Å². The molecule has 0 radical (unpaired) electrons. The van der Waals surface area contributed by atoms with Crippen molar-refractivity contribution in [2.24, 2.45) is 5.92 Å². The Labute approximate surface area is 77.9 Å². The second-order valence-electron chi connectivity index (χ2n) is 4.03. The van der Waals surface area contributed by atoms with E-state index in [9.17, 15) is 9.59 Å². The minimum absolute atomic E-state index is 0.0768. The van der Waals surface area contributed by atoms with Gasteiger partial charge in [0.2, 0.25) is 0 Å². The third kappa shape index (κ3) is 6.13. The average Bonchev–Trinajstić information content (AvgIpc) is 1.81. The van der Waals surface area contributed by atoms with Crippen LogP contribution < -0.4 is 0 Å². The summed E-state index contributed by atoms with van der Waals surface area (Å²) in [4.78, 5) is 21.5. The third-order valence-electron chi connectivity index (χ3n) is 1.31. The molecule has 0 aromatic rings. The molecule has 4 nitrogen and oxygen atoms in total. The van der Waals surface area contributed by atoms with Crippen molar-refractivity contribution >= 4 is 11.9 Å². The molecule has 0 saturated heterocycles. The molecule has 0 bridgehead atoms. The molecule has 0 amide bonds. The van der Waals surface area contributed by atoms with Gasteiger partial charge in [-0.3, -0.25) is 9.59 Å². The molecular formula is C9H16O4. The molecule has 0 unspecified atom stereocenters. The van der Waals surface area contributed by atoms with Gasteiger partial charge in [0.1, 0.15) is 5.60 Å². The van der Waals surface area contributed by atoms with E-state index in [4.69, 9.17) is 9.84 Å². The van der Waals surface area contributed by atoms with Crippen LogP contribution in [0.25, 0.3) is 0 Å². The van der Waals surface area contributed by atoms with Gasteiger partial charge in [0, 0.05) is 0 Å². The lowest BCUT2D eigenvalue weighted by atomic mass is 10.1. The van der Waals surface area contributed by atoms with Gasteiger partial charge >= 0.3 is 11.9 Å². The number of esters is 1. The molecule has 13 heavy (non-hydrogen) atoms. The first kappa shape index (κ1) is 11.9. The minimum Gasteiger partial charge on any atom is -0.481 e. The van der Waals surface area contributed by atoms with Crippen LogP contribution in [0, 0.1) is 5.92 Å². The number of rotatable bonds is 3. The van der Waals surface area contributed by atoms with E-state index in [1.807, 2.05) is 0 Å². The van der Waals surface area contributed by atoms with E-state index >= 15 is 0 Å². The van der Waals surface area contributed by atoms with Crippen LogP contribution in [0.1, 0.15) is 34.1 Å². The van der Waals surface area contributed by atoms with Gasteiger partial charge in [-0.1, -0.05) is 6.92 Å². The van der Waals surface area contributed by atoms with Crippen molar-refractivity contribution in [2.75, 3.05) is 0 Å². The highest BCUT2D eigenvalue weighted by Crippen LogP contribution is 2.11. The van der Waals surface area contributed by atoms with Gasteiger partial charge in [0.25, 0.3) is 0 Å². The molecule has 0 aliphatic rings. The lowest BCUT2D eigenvalue weighted by Crippen LogP contribution is -2.26. The summed E-state index contributed by atoms with van der Waals surface area (Å²) < 4.78 is 4.96. The number of carboxylic acids is 1. The third-order valence-corrected chi connectivity index (χ3v) is 1.31. The SMILES string of the molecule is C[C@H](CC(=O)OC(C)(C)C)C(=O)O. The molecule has 0 aliphatic heterocycles. The first-order chi connectivity index (χ1) is 5.72. The average molecular weight is 188 g/mol. The number of carbonyl (C=O) groups is 2. The van der Waals surface area contributed by atoms with Gasteiger partial charge in [0.05, 0.1) is 12.3 Å². The highest BCUT2D eigenvalue weighted by atomic mass is 16.6. The zero-order chi connectivity index (χ0) is 10.6. The monoisotopic (exact) mass is 188 g/mol. The van der Waals surface area contributed by atoms with E-state index in [1.54, 1.807) is 20.8 Å². The van der Waals surface area contributed by atoms with E-state index in [0.717, 1.165) is 0 Å². The maximum atomic E-state index is 11.1. The van der Waals surface area contributed by atoms with Crippen molar-refractivity contribution in [3.63, 3.8) is 0 Å². The molecule has 0 aliphatic carbocycles. The number of aliphatic carboxylic acids is 1. The van der Waals surface area contributed by atoms with Crippen molar-refractivity contribution in [2.45, 2.75) is 39.7 Å². The second kappa shape index (κ2) is 4.25. The largest absolute Gasteiger partial charge is 0.481 e. The molecule has 1 N–H and O–H groups in total. The first-order valence-electron chi connectivity index (χ1n) is 4.17. The Morgan fingerprint density at radius 2 is 1.85 bits per heavy atom. The topological polar surface area (TPSA) is 63.6 Å². The van der Waals surface area contributed by atoms with Crippen molar-refractivity contribution in [3.8, 4) is 0 Å². The van der Waals surface area contributed by atoms with Gasteiger partial charge in [0.15, 0.2) is 0 Å². The Bertz CT molecular complexity index is 202. The highest BCUT2D eigenvalue weighted by molar-refractivity contribution is 5.78. The van der Waals surface area contributed by atoms with E-state index in [1.165, 1.54) is 6.92 Å². The Kier molecular flexibility index (Phi) is 3.91. The zero-order valence-corrected chi connectivity index (χ0v) is 8.46. The first-order valence-corrected chi connectivity index (χ1v) is 4.17. The molecule has 0 rings (SSSR count). The lowest BCUT2D eigenvalue weighted by molar-refractivity contribution is -0.159. The van der Waals surface area contributed by atoms with Gasteiger partial charge in [-0.05, 0) is 20.8 Å². The lowest BCUT2D eigenvalue weighted by Gasteiger charge is -2.20. The molecule has 76 valence electrons. The molecule has 1 atom stereocenters. The fourth-order valence-corrected chi connectivity index (χ4v) is 0.720. The molecular weight excluding hydrogens is 172 g/mol. The predicted octanol–water partition coefficient (Wildman–Crippen LogP) is 1.44. The standard InChI is InChI=1S/C9H16O4/c1-6(8(11)12)5-7(10)13-9(2,3)4/h6H,5H2,1-4H3,(H,11,12)/t6-/m1/s1. The fraction of sp³-hybridized carbons (Fsp3) is 0.778. The van der Waals surface area contributed by atoms with Crippen LogP contribution in [-0.4, -0.2) is 22.6 Å². The fourth-order valence-electron chi connectivity index (χ4n) is 0.720. The summed E-state index contributed by atoms with van der Waals surface area (Å²) in [7, 11) is 0. The molecule has 0 spiro atoms. The summed E-state index contributed by atoms with van der Waals surface area (Å²) in [6.45, 7) is 6.72. The molecule has 0 saturated carbocycles. The van der Waals surface area contributed by atoms with Gasteiger partial charge in [-0.2, -0.15) is 0 Å². The zero-order valence-electron chi connectivity index (χ0n) is 8.46. The van der Waals surface area contributed by atoms with Crippen LogP contribution in [0.3, 0.4) is 0 Å². The normalized spacial score (nSPS) is 13.5. The molecule has 4 heteroatoms. The summed E-state index contributed by atoms with van der Waals surface area (Å²) in [6, 6.07) is 0. The number of carboxylic acid groups (broad SMARTS) is 1. The Morgan fingerprint density at radius 1 is 1.38 bits per heavy atom. The van der Waals surface area contributed by atoms with Gasteiger partial charge in [-0.15, -0.1) is 0 Å². The summed E-state index contributed by atoms with van der Waals surface area (Å²) in [5.41, 5.74) is -0.546. The van der Waals surface area contributed by atoms with Crippen molar-refractivity contribution in [1.82, 2.24) is 0 Å². The van der Waals surface area contributed by atoms with E-state index < -0.39 is 23.5 Å². The quantitative estimate of drug-likeness (QED) is 0.680. The van der Waals surface area contributed by atoms with Crippen LogP contribution in [0.5, 0.6) is 0 Å². The van der Waals surface area contributed by atoms with Crippen molar-refractivity contribution in [3.05, 3.63) is 0 Å². The summed E-state index contributed by atoms with van der Waals surface area (Å²) >= 11 is 0. The maximum absolute atomic E-state index is 11.1. The smallest absolute Gasteiger partial charge is 0.307 e. The van der Waals surface area contributed by atoms with E-state index in [0.29, 0.717) is 0 Å². The Balaban J connectivity index is 3.96. The molecule has 0 aromatic carbocycles. The van der Waals surface area contributed by atoms with Crippen LogP contribution in [0.2, 0.25) is 0 Å². The van der Waals surface area contributed by atoms with Gasteiger partial charge < -0.3 is 9.84 Å². The molecule has 0 aromatic heterocycles. The second-order valence-corrected chi connectivity index (χ2v) is 4.03. The molecule has 0 fully saturated rings.